The van der Waals surface area contributed by atoms with Crippen LogP contribution in [0.25, 0.3) is 0 Å². The Morgan fingerprint density at radius 3 is 1.86 bits per heavy atom. The van der Waals surface area contributed by atoms with E-state index in [9.17, 15) is 19.0 Å². The molecule has 0 rings (SSSR count). The number of rotatable bonds is 30. The molecule has 9 nitrogen and oxygen atoms in total. The first-order valence-corrected chi connectivity index (χ1v) is 18.1. The van der Waals surface area contributed by atoms with Crippen LogP contribution in [-0.2, 0) is 32.7 Å². The quantitative estimate of drug-likeness (QED) is 0.0343. The van der Waals surface area contributed by atoms with Gasteiger partial charge in [-0.3, -0.25) is 18.6 Å². The van der Waals surface area contributed by atoms with E-state index in [4.69, 9.17) is 24.3 Å². The van der Waals surface area contributed by atoms with Crippen LogP contribution >= 0.6 is 7.82 Å². The summed E-state index contributed by atoms with van der Waals surface area (Å²) in [6.07, 6.45) is 32.0. The minimum absolute atomic E-state index is 0.0489. The van der Waals surface area contributed by atoms with Gasteiger partial charge in [0.2, 0.25) is 0 Å². The lowest BCUT2D eigenvalue weighted by atomic mass is 10.1. The largest absolute Gasteiger partial charge is 0.472 e. The Hall–Kier alpha value is -2.03. The maximum Gasteiger partial charge on any atom is 0.472 e. The SMILES string of the molecule is CC/C=C\C/C=C\C/C=C\C/C=C\CCCCCCCCC(=O)OC(COC(=O)CCCCCC)COP(=O)(O)OCCN. The van der Waals surface area contributed by atoms with Gasteiger partial charge in [0.15, 0.2) is 6.10 Å². The summed E-state index contributed by atoms with van der Waals surface area (Å²) in [7, 11) is -4.36. The first kappa shape index (κ1) is 42.0. The molecule has 0 heterocycles. The number of hydrogen-bond donors (Lipinski definition) is 2. The number of ether oxygens (including phenoxy) is 2. The summed E-state index contributed by atoms with van der Waals surface area (Å²) in [5.41, 5.74) is 5.29. The Morgan fingerprint density at radius 1 is 0.705 bits per heavy atom. The highest BCUT2D eigenvalue weighted by Crippen LogP contribution is 2.43. The number of carbonyl (C=O) groups excluding carboxylic acids is 2. The number of allylic oxidation sites excluding steroid dienone is 8. The highest BCUT2D eigenvalue weighted by Gasteiger charge is 2.25. The van der Waals surface area contributed by atoms with E-state index >= 15 is 0 Å². The third-order valence-electron chi connectivity index (χ3n) is 6.48. The molecular formula is C34H60NO8P. The predicted molar refractivity (Wildman–Crippen MR) is 178 cm³/mol. The molecule has 0 aromatic heterocycles. The average molecular weight is 642 g/mol. The molecule has 254 valence electrons. The fraction of sp³-hybridized carbons (Fsp3) is 0.706. The zero-order valence-electron chi connectivity index (χ0n) is 27.4. The second-order valence-electron chi connectivity index (χ2n) is 10.7. The zero-order valence-corrected chi connectivity index (χ0v) is 28.3. The van der Waals surface area contributed by atoms with Crippen LogP contribution in [0, 0.1) is 0 Å². The molecule has 0 radical (unpaired) electrons. The summed E-state index contributed by atoms with van der Waals surface area (Å²) >= 11 is 0. The lowest BCUT2D eigenvalue weighted by Crippen LogP contribution is -2.29. The van der Waals surface area contributed by atoms with Gasteiger partial charge >= 0.3 is 19.8 Å². The smallest absolute Gasteiger partial charge is 0.462 e. The number of unbranched alkanes of at least 4 members (excludes halogenated alkanes) is 9. The monoisotopic (exact) mass is 641 g/mol. The molecule has 2 atom stereocenters. The van der Waals surface area contributed by atoms with Crippen molar-refractivity contribution < 1.29 is 37.6 Å². The minimum Gasteiger partial charge on any atom is -0.462 e. The Labute approximate surface area is 266 Å². The van der Waals surface area contributed by atoms with Crippen molar-refractivity contribution in [3.05, 3.63) is 48.6 Å². The third-order valence-corrected chi connectivity index (χ3v) is 7.46. The Balaban J connectivity index is 4.15. The van der Waals surface area contributed by atoms with E-state index < -0.39 is 32.5 Å². The summed E-state index contributed by atoms with van der Waals surface area (Å²) in [5, 5.41) is 0. The van der Waals surface area contributed by atoms with Crippen molar-refractivity contribution in [3.63, 3.8) is 0 Å². The molecular weight excluding hydrogens is 581 g/mol. The van der Waals surface area contributed by atoms with Crippen molar-refractivity contribution in [1.29, 1.82) is 0 Å². The zero-order chi connectivity index (χ0) is 32.6. The number of hydrogen-bond acceptors (Lipinski definition) is 8. The van der Waals surface area contributed by atoms with E-state index in [0.717, 1.165) is 89.9 Å². The molecule has 0 spiro atoms. The number of nitrogens with two attached hydrogens (primary N) is 1. The third kappa shape index (κ3) is 30.0. The van der Waals surface area contributed by atoms with Gasteiger partial charge in [0.05, 0.1) is 13.2 Å². The van der Waals surface area contributed by atoms with Crippen molar-refractivity contribution in [1.82, 2.24) is 0 Å². The van der Waals surface area contributed by atoms with Crippen LogP contribution in [0.1, 0.15) is 123 Å². The van der Waals surface area contributed by atoms with Crippen LogP contribution < -0.4 is 5.73 Å². The van der Waals surface area contributed by atoms with Crippen LogP contribution in [0.3, 0.4) is 0 Å². The molecule has 0 aromatic rings. The van der Waals surface area contributed by atoms with Gasteiger partial charge in [-0.05, 0) is 51.4 Å². The van der Waals surface area contributed by atoms with E-state index in [1.54, 1.807) is 0 Å². The Kier molecular flexibility index (Phi) is 29.5. The normalized spacial score (nSPS) is 14.2. The van der Waals surface area contributed by atoms with Crippen LogP contribution in [-0.4, -0.2) is 49.3 Å². The molecule has 0 fully saturated rings. The van der Waals surface area contributed by atoms with Crippen molar-refractivity contribution in [2.75, 3.05) is 26.4 Å². The minimum atomic E-state index is -4.36. The molecule has 0 aliphatic carbocycles. The van der Waals surface area contributed by atoms with Crippen LogP contribution in [0.4, 0.5) is 0 Å². The first-order valence-electron chi connectivity index (χ1n) is 16.6. The van der Waals surface area contributed by atoms with Crippen LogP contribution in [0.2, 0.25) is 0 Å². The number of carbonyl (C=O) groups is 2. The van der Waals surface area contributed by atoms with Crippen molar-refractivity contribution >= 4 is 19.8 Å². The standard InChI is InChI=1S/C34H60NO8P/c1-3-5-7-9-10-11-12-13-14-15-16-17-18-19-20-21-22-23-25-27-34(37)43-32(31-42-44(38,39)41-29-28-35)30-40-33(36)26-24-8-6-4-2/h5,7,10-11,13-14,16-17,32H,3-4,6,8-9,12,15,18-31,35H2,1-2H3,(H,38,39)/b7-5-,11-10-,14-13-,17-16-. The molecule has 2 unspecified atom stereocenters. The molecule has 0 saturated heterocycles. The van der Waals surface area contributed by atoms with Crippen molar-refractivity contribution in [2.45, 2.75) is 129 Å². The predicted octanol–water partition coefficient (Wildman–Crippen LogP) is 8.43. The summed E-state index contributed by atoms with van der Waals surface area (Å²) in [6, 6.07) is 0. The number of phosphoric ester groups is 1. The number of phosphoric acid groups is 1. The topological polar surface area (TPSA) is 134 Å². The van der Waals surface area contributed by atoms with Crippen molar-refractivity contribution in [3.8, 4) is 0 Å². The highest BCUT2D eigenvalue weighted by atomic mass is 31.2. The van der Waals surface area contributed by atoms with Crippen LogP contribution in [0.5, 0.6) is 0 Å². The molecule has 0 saturated carbocycles. The molecule has 0 aliphatic rings. The van der Waals surface area contributed by atoms with Gasteiger partial charge in [0.25, 0.3) is 0 Å². The van der Waals surface area contributed by atoms with E-state index in [1.165, 1.54) is 0 Å². The van der Waals surface area contributed by atoms with Gasteiger partial charge < -0.3 is 20.1 Å². The first-order chi connectivity index (χ1) is 21.3. The van der Waals surface area contributed by atoms with Gasteiger partial charge in [-0.25, -0.2) is 4.57 Å². The molecule has 0 aromatic carbocycles. The van der Waals surface area contributed by atoms with E-state index in [-0.39, 0.29) is 32.6 Å². The Morgan fingerprint density at radius 2 is 1.25 bits per heavy atom. The van der Waals surface area contributed by atoms with Crippen molar-refractivity contribution in [2.24, 2.45) is 5.73 Å². The van der Waals surface area contributed by atoms with Gasteiger partial charge in [-0.1, -0.05) is 107 Å². The average Bonchev–Trinajstić information content (AvgIpc) is 3.00. The van der Waals surface area contributed by atoms with Gasteiger partial charge in [-0.15, -0.1) is 0 Å². The summed E-state index contributed by atoms with van der Waals surface area (Å²) in [5.74, 6) is -0.872. The summed E-state index contributed by atoms with van der Waals surface area (Å²) in [4.78, 5) is 34.2. The van der Waals surface area contributed by atoms with Gasteiger partial charge in [0.1, 0.15) is 6.61 Å². The molecule has 3 N–H and O–H groups in total. The molecule has 0 aliphatic heterocycles. The van der Waals surface area contributed by atoms with Gasteiger partial charge in [0, 0.05) is 19.4 Å². The molecule has 44 heavy (non-hydrogen) atoms. The Bertz CT molecular complexity index is 871. The second-order valence-corrected chi connectivity index (χ2v) is 12.1. The highest BCUT2D eigenvalue weighted by molar-refractivity contribution is 7.47. The lowest BCUT2D eigenvalue weighted by molar-refractivity contribution is -0.161. The maximum absolute atomic E-state index is 12.4. The molecule has 0 bridgehead atoms. The van der Waals surface area contributed by atoms with Crippen LogP contribution in [0.15, 0.2) is 48.6 Å². The van der Waals surface area contributed by atoms with E-state index in [0.29, 0.717) is 6.42 Å². The number of esters is 2. The molecule has 10 heteroatoms. The fourth-order valence-corrected chi connectivity index (χ4v) is 4.80. The summed E-state index contributed by atoms with van der Waals surface area (Å²) < 4.78 is 32.3. The lowest BCUT2D eigenvalue weighted by Gasteiger charge is -2.19. The molecule has 0 amide bonds. The fourth-order valence-electron chi connectivity index (χ4n) is 4.03. The maximum atomic E-state index is 12.4. The second kappa shape index (κ2) is 31.0. The van der Waals surface area contributed by atoms with E-state index in [1.807, 2.05) is 0 Å². The van der Waals surface area contributed by atoms with E-state index in [2.05, 4.69) is 62.5 Å². The summed E-state index contributed by atoms with van der Waals surface area (Å²) in [6.45, 7) is 3.43. The van der Waals surface area contributed by atoms with Gasteiger partial charge in [-0.2, -0.15) is 0 Å².